The predicted octanol–water partition coefficient (Wildman–Crippen LogP) is 4.23. The topological polar surface area (TPSA) is 131 Å². The van der Waals surface area contributed by atoms with Crippen LogP contribution in [0.1, 0.15) is 48.9 Å². The van der Waals surface area contributed by atoms with E-state index in [1.54, 1.807) is 18.3 Å². The number of carbonyl (C=O) groups is 1. The van der Waals surface area contributed by atoms with E-state index in [-0.39, 0.29) is 17.4 Å². The number of benzene rings is 1. The van der Waals surface area contributed by atoms with Crippen LogP contribution in [0, 0.1) is 6.92 Å². The lowest BCUT2D eigenvalue weighted by Gasteiger charge is -2.22. The summed E-state index contributed by atoms with van der Waals surface area (Å²) in [7, 11) is 1.89. The van der Waals surface area contributed by atoms with Crippen LogP contribution in [0.15, 0.2) is 41.3 Å². The maximum atomic E-state index is 13.0. The van der Waals surface area contributed by atoms with Crippen LogP contribution in [0.3, 0.4) is 0 Å². The lowest BCUT2D eigenvalue weighted by molar-refractivity contribution is 0.102. The number of aryl methyl sites for hydroxylation is 1. The second kappa shape index (κ2) is 9.74. The molecule has 4 heterocycles. The van der Waals surface area contributed by atoms with Gasteiger partial charge in [-0.25, -0.2) is 19.9 Å². The zero-order valence-corrected chi connectivity index (χ0v) is 21.6. The summed E-state index contributed by atoms with van der Waals surface area (Å²) in [6.07, 6.45) is 4.07. The van der Waals surface area contributed by atoms with Gasteiger partial charge in [0.2, 0.25) is 5.95 Å². The van der Waals surface area contributed by atoms with E-state index in [1.807, 2.05) is 51.8 Å². The van der Waals surface area contributed by atoms with Crippen LogP contribution in [-0.2, 0) is 10.2 Å². The average molecular weight is 503 g/mol. The van der Waals surface area contributed by atoms with Crippen molar-refractivity contribution in [2.75, 3.05) is 35.8 Å². The molecule has 0 spiro atoms. The number of carbonyl (C=O) groups excluding carboxylic acids is 1. The van der Waals surface area contributed by atoms with E-state index >= 15 is 0 Å². The highest BCUT2D eigenvalue weighted by Crippen LogP contribution is 2.31. The maximum absolute atomic E-state index is 13.0. The summed E-state index contributed by atoms with van der Waals surface area (Å²) >= 11 is 0. The monoisotopic (exact) mass is 502 g/mol. The molecule has 192 valence electrons. The third-order valence-corrected chi connectivity index (χ3v) is 6.26. The quantitative estimate of drug-likeness (QED) is 0.395. The third kappa shape index (κ3) is 5.21. The average Bonchev–Trinajstić information content (AvgIpc) is 3.56. The minimum atomic E-state index is -0.288. The Bertz CT molecular complexity index is 1440. The lowest BCUT2D eigenvalue weighted by atomic mass is 9.93. The molecular formula is C26H30N8O3. The van der Waals surface area contributed by atoms with Crippen molar-refractivity contribution in [3.05, 3.63) is 53.7 Å². The smallest absolute Gasteiger partial charge is 0.256 e. The number of fused-ring (bicyclic) bond motifs is 1. The van der Waals surface area contributed by atoms with Crippen LogP contribution < -0.4 is 15.5 Å². The first kappa shape index (κ1) is 24.6. The number of anilines is 4. The van der Waals surface area contributed by atoms with Crippen molar-refractivity contribution in [3.63, 3.8) is 0 Å². The van der Waals surface area contributed by atoms with Gasteiger partial charge < -0.3 is 24.8 Å². The molecule has 5 rings (SSSR count). The number of aromatic nitrogens is 5. The van der Waals surface area contributed by atoms with Gasteiger partial charge in [-0.1, -0.05) is 32.0 Å². The van der Waals surface area contributed by atoms with Gasteiger partial charge in [-0.15, -0.1) is 0 Å². The van der Waals surface area contributed by atoms with Crippen LogP contribution in [0.4, 0.5) is 23.3 Å². The molecule has 0 bridgehead atoms. The van der Waals surface area contributed by atoms with Crippen molar-refractivity contribution in [2.24, 2.45) is 0 Å². The Balaban J connectivity index is 1.42. The fourth-order valence-electron chi connectivity index (χ4n) is 4.09. The molecule has 1 amide bonds. The number of rotatable bonds is 6. The van der Waals surface area contributed by atoms with Crippen LogP contribution in [0.5, 0.6) is 0 Å². The molecule has 3 aromatic heterocycles. The molecule has 2 N–H and O–H groups in total. The molecule has 0 saturated carbocycles. The van der Waals surface area contributed by atoms with E-state index in [0.717, 1.165) is 24.3 Å². The van der Waals surface area contributed by atoms with E-state index in [9.17, 15) is 4.79 Å². The molecule has 4 aromatic rings. The number of nitrogens with zero attached hydrogens (tertiary/aromatic N) is 6. The van der Waals surface area contributed by atoms with Gasteiger partial charge in [-0.2, -0.15) is 0 Å². The first-order valence-corrected chi connectivity index (χ1v) is 12.1. The number of hydrogen-bond donors (Lipinski definition) is 2. The summed E-state index contributed by atoms with van der Waals surface area (Å²) in [6.45, 7) is 9.38. The summed E-state index contributed by atoms with van der Waals surface area (Å²) in [5.41, 5.74) is 3.27. The number of hydrogen-bond acceptors (Lipinski definition) is 10. The highest BCUT2D eigenvalue weighted by Gasteiger charge is 2.22. The van der Waals surface area contributed by atoms with E-state index in [0.29, 0.717) is 46.5 Å². The SMILES string of the molecule is Cc1ccc(C(=O)Nc2cc(C(C)(C)C)on2)cc1N(C)c1ncnc2cnc(NC3CCOC3)nc12. The molecule has 1 aliphatic rings. The summed E-state index contributed by atoms with van der Waals surface area (Å²) in [5.74, 6) is 1.88. The van der Waals surface area contributed by atoms with E-state index in [4.69, 9.17) is 14.2 Å². The third-order valence-electron chi connectivity index (χ3n) is 6.26. The van der Waals surface area contributed by atoms with Gasteiger partial charge in [0, 0.05) is 36.4 Å². The summed E-state index contributed by atoms with van der Waals surface area (Å²) in [5, 5.41) is 10.1. The normalized spacial score (nSPS) is 15.6. The first-order chi connectivity index (χ1) is 17.7. The molecule has 1 saturated heterocycles. The standard InChI is InChI=1S/C26H30N8O3/c1-15-6-7-16(24(35)31-21-11-20(37-33-21)26(2,3)4)10-19(15)34(5)23-22-18(28-14-29-23)12-27-25(32-22)30-17-8-9-36-13-17/h6-7,10-12,14,17H,8-9,13H2,1-5H3,(H,27,30,32)(H,31,33,35). The number of ether oxygens (including phenoxy) is 1. The minimum absolute atomic E-state index is 0.171. The van der Waals surface area contributed by atoms with Gasteiger partial charge in [-0.3, -0.25) is 4.79 Å². The van der Waals surface area contributed by atoms with Crippen molar-refractivity contribution < 1.29 is 14.1 Å². The van der Waals surface area contributed by atoms with Crippen LogP contribution in [0.25, 0.3) is 11.0 Å². The van der Waals surface area contributed by atoms with E-state index < -0.39 is 0 Å². The Morgan fingerprint density at radius 3 is 2.73 bits per heavy atom. The van der Waals surface area contributed by atoms with Gasteiger partial charge in [0.25, 0.3) is 5.91 Å². The molecule has 1 fully saturated rings. The minimum Gasteiger partial charge on any atom is -0.379 e. The largest absolute Gasteiger partial charge is 0.379 e. The number of amides is 1. The summed E-state index contributed by atoms with van der Waals surface area (Å²) in [4.78, 5) is 32.9. The molecule has 11 nitrogen and oxygen atoms in total. The Labute approximate surface area is 214 Å². The van der Waals surface area contributed by atoms with Crippen molar-refractivity contribution in [2.45, 2.75) is 45.6 Å². The Morgan fingerprint density at radius 2 is 2.00 bits per heavy atom. The Hall–Kier alpha value is -4.12. The van der Waals surface area contributed by atoms with Gasteiger partial charge in [0.1, 0.15) is 23.1 Å². The van der Waals surface area contributed by atoms with E-state index in [2.05, 4.69) is 30.7 Å². The van der Waals surface area contributed by atoms with Gasteiger partial charge >= 0.3 is 0 Å². The van der Waals surface area contributed by atoms with Crippen molar-refractivity contribution in [3.8, 4) is 0 Å². The molecule has 11 heteroatoms. The predicted molar refractivity (Wildman–Crippen MR) is 140 cm³/mol. The molecule has 1 aromatic carbocycles. The van der Waals surface area contributed by atoms with Crippen molar-refractivity contribution >= 4 is 40.2 Å². The molecule has 1 aliphatic heterocycles. The molecule has 0 radical (unpaired) electrons. The van der Waals surface area contributed by atoms with Gasteiger partial charge in [0.15, 0.2) is 11.6 Å². The van der Waals surface area contributed by atoms with Crippen molar-refractivity contribution in [1.29, 1.82) is 0 Å². The van der Waals surface area contributed by atoms with Gasteiger partial charge in [0.05, 0.1) is 18.8 Å². The molecule has 0 aliphatic carbocycles. The van der Waals surface area contributed by atoms with Gasteiger partial charge in [-0.05, 0) is 31.0 Å². The fourth-order valence-corrected chi connectivity index (χ4v) is 4.09. The van der Waals surface area contributed by atoms with Crippen LogP contribution >= 0.6 is 0 Å². The second-order valence-corrected chi connectivity index (χ2v) is 10.2. The maximum Gasteiger partial charge on any atom is 0.256 e. The van der Waals surface area contributed by atoms with E-state index in [1.165, 1.54) is 6.33 Å². The first-order valence-electron chi connectivity index (χ1n) is 12.1. The summed E-state index contributed by atoms with van der Waals surface area (Å²) in [6, 6.07) is 7.41. The fraction of sp³-hybridized carbons (Fsp3) is 0.385. The number of nitrogens with one attached hydrogen (secondary N) is 2. The van der Waals surface area contributed by atoms with Crippen LogP contribution in [0.2, 0.25) is 0 Å². The lowest BCUT2D eigenvalue weighted by Crippen LogP contribution is -2.21. The molecule has 1 atom stereocenters. The highest BCUT2D eigenvalue weighted by atomic mass is 16.5. The van der Waals surface area contributed by atoms with Crippen LogP contribution in [-0.4, -0.2) is 57.3 Å². The zero-order valence-electron chi connectivity index (χ0n) is 21.6. The Morgan fingerprint density at radius 1 is 1.16 bits per heavy atom. The second-order valence-electron chi connectivity index (χ2n) is 10.2. The Kier molecular flexibility index (Phi) is 6.46. The molecule has 1 unspecified atom stereocenters. The van der Waals surface area contributed by atoms with Crippen molar-refractivity contribution in [1.82, 2.24) is 25.1 Å². The summed E-state index contributed by atoms with van der Waals surface area (Å²) < 4.78 is 10.8. The highest BCUT2D eigenvalue weighted by molar-refractivity contribution is 6.04. The molecule has 37 heavy (non-hydrogen) atoms. The zero-order chi connectivity index (χ0) is 26.2. The molecular weight excluding hydrogens is 472 g/mol.